The minimum Gasteiger partial charge on any atom is -0.0917 e. The van der Waals surface area contributed by atoms with Gasteiger partial charge in [0.2, 0.25) is 0 Å². The highest BCUT2D eigenvalue weighted by molar-refractivity contribution is 6.07. The molecule has 0 heteroatoms. The molecule has 0 aliphatic heterocycles. The number of hydrogen-bond acceptors (Lipinski definition) is 0. The Labute approximate surface area is 94.1 Å². The normalized spacial score (nSPS) is 11.0. The van der Waals surface area contributed by atoms with Gasteiger partial charge in [-0.3, -0.25) is 0 Å². The topological polar surface area (TPSA) is 0 Å². The molecule has 0 radical (unpaired) electrons. The van der Waals surface area contributed by atoms with Crippen LogP contribution in [0, 0.1) is 0 Å². The molecule has 0 aliphatic rings. The molecule has 0 spiro atoms. The maximum atomic E-state index is 4.06. The molecule has 76 valence electrons. The van der Waals surface area contributed by atoms with E-state index in [1.165, 1.54) is 21.5 Å². The molecular weight excluding hydrogens is 192 g/mol. The molecule has 0 aliphatic carbocycles. The van der Waals surface area contributed by atoms with Crippen molar-refractivity contribution < 1.29 is 0 Å². The molecule has 3 aromatic rings. The summed E-state index contributed by atoms with van der Waals surface area (Å²) in [6, 6.07) is 16.8. The van der Waals surface area contributed by atoms with Crippen LogP contribution in [-0.4, -0.2) is 0 Å². The van der Waals surface area contributed by atoms with Crippen LogP contribution in [0.4, 0.5) is 0 Å². The molecule has 3 rings (SSSR count). The van der Waals surface area contributed by atoms with Gasteiger partial charge >= 0.3 is 0 Å². The van der Waals surface area contributed by atoms with Gasteiger partial charge in [0.05, 0.1) is 0 Å². The standard InChI is InChI=1S/C16H12/c1-11-6-7-13-8-9-14-12(2)4-3-5-15(14)16(13)10-11/h3-10H,1-2H2. The van der Waals surface area contributed by atoms with Crippen molar-refractivity contribution in [2.75, 3.05) is 0 Å². The predicted octanol–water partition coefficient (Wildman–Crippen LogP) is 2.81. The van der Waals surface area contributed by atoms with Gasteiger partial charge < -0.3 is 0 Å². The monoisotopic (exact) mass is 204 g/mol. The summed E-state index contributed by atoms with van der Waals surface area (Å²) in [6.45, 7) is 8.05. The predicted molar refractivity (Wildman–Crippen MR) is 71.7 cm³/mol. The fourth-order valence-electron chi connectivity index (χ4n) is 2.20. The molecule has 0 saturated heterocycles. The largest absolute Gasteiger partial charge is 0.0917 e. The van der Waals surface area contributed by atoms with Gasteiger partial charge in [-0.25, -0.2) is 0 Å². The summed E-state index contributed by atoms with van der Waals surface area (Å²) in [6.07, 6.45) is 0. The van der Waals surface area contributed by atoms with Crippen molar-refractivity contribution in [3.05, 3.63) is 59.0 Å². The van der Waals surface area contributed by atoms with Crippen molar-refractivity contribution in [3.8, 4) is 0 Å². The maximum Gasteiger partial charge on any atom is -0.00994 e. The number of fused-ring (bicyclic) bond motifs is 3. The van der Waals surface area contributed by atoms with Crippen LogP contribution in [0.2, 0.25) is 0 Å². The number of benzene rings is 3. The molecule has 0 unspecified atom stereocenters. The highest BCUT2D eigenvalue weighted by Gasteiger charge is 1.99. The Kier molecular flexibility index (Phi) is 1.84. The van der Waals surface area contributed by atoms with Crippen LogP contribution in [0.1, 0.15) is 0 Å². The van der Waals surface area contributed by atoms with Gasteiger partial charge in [-0.15, -0.1) is 0 Å². The van der Waals surface area contributed by atoms with Crippen LogP contribution in [0.3, 0.4) is 0 Å². The minimum atomic E-state index is 1.05. The lowest BCUT2D eigenvalue weighted by Gasteiger charge is -2.03. The first-order chi connectivity index (χ1) is 7.75. The molecule has 0 aromatic heterocycles. The summed E-state index contributed by atoms with van der Waals surface area (Å²) in [7, 11) is 0. The van der Waals surface area contributed by atoms with Crippen LogP contribution in [0.15, 0.2) is 48.5 Å². The number of rotatable bonds is 0. The second-order valence-electron chi connectivity index (χ2n) is 4.13. The molecule has 0 nitrogen and oxygen atoms in total. The fourth-order valence-corrected chi connectivity index (χ4v) is 2.20. The zero-order chi connectivity index (χ0) is 11.1. The Morgan fingerprint density at radius 2 is 1.50 bits per heavy atom. The second-order valence-corrected chi connectivity index (χ2v) is 4.13. The average molecular weight is 204 g/mol. The van der Waals surface area contributed by atoms with Crippen LogP contribution < -0.4 is 10.4 Å². The van der Waals surface area contributed by atoms with Gasteiger partial charge in [-0.2, -0.15) is 0 Å². The van der Waals surface area contributed by atoms with E-state index in [1.54, 1.807) is 0 Å². The first-order valence-corrected chi connectivity index (χ1v) is 5.35. The van der Waals surface area contributed by atoms with Crippen molar-refractivity contribution in [1.82, 2.24) is 0 Å². The third kappa shape index (κ3) is 1.24. The molecule has 16 heavy (non-hydrogen) atoms. The van der Waals surface area contributed by atoms with Crippen molar-refractivity contribution in [1.29, 1.82) is 0 Å². The van der Waals surface area contributed by atoms with E-state index in [4.69, 9.17) is 0 Å². The zero-order valence-corrected chi connectivity index (χ0v) is 9.03. The Morgan fingerprint density at radius 1 is 0.688 bits per heavy atom. The van der Waals surface area contributed by atoms with Gasteiger partial charge in [0.1, 0.15) is 0 Å². The molecule has 0 bridgehead atoms. The van der Waals surface area contributed by atoms with E-state index in [0.29, 0.717) is 0 Å². The van der Waals surface area contributed by atoms with E-state index in [1.807, 2.05) is 12.1 Å². The minimum absolute atomic E-state index is 1.05. The first kappa shape index (κ1) is 9.17. The van der Waals surface area contributed by atoms with Crippen LogP contribution >= 0.6 is 0 Å². The van der Waals surface area contributed by atoms with E-state index >= 15 is 0 Å². The van der Waals surface area contributed by atoms with E-state index < -0.39 is 0 Å². The Balaban J connectivity index is 2.68. The first-order valence-electron chi connectivity index (χ1n) is 5.35. The third-order valence-electron chi connectivity index (χ3n) is 3.03. The number of hydrogen-bond donors (Lipinski definition) is 0. The summed E-state index contributed by atoms with van der Waals surface area (Å²) in [5, 5.41) is 7.13. The lowest BCUT2D eigenvalue weighted by Crippen LogP contribution is -1.99. The molecule has 0 fully saturated rings. The van der Waals surface area contributed by atoms with Crippen LogP contribution in [0.25, 0.3) is 34.7 Å². The summed E-state index contributed by atoms with van der Waals surface area (Å²) in [5.41, 5.74) is 0. The molecule has 3 aromatic carbocycles. The molecule has 0 N–H and O–H groups in total. The van der Waals surface area contributed by atoms with Gasteiger partial charge in [0.25, 0.3) is 0 Å². The van der Waals surface area contributed by atoms with Gasteiger partial charge in [0.15, 0.2) is 0 Å². The summed E-state index contributed by atoms with van der Waals surface area (Å²) in [5.74, 6) is 0. The Morgan fingerprint density at radius 3 is 2.38 bits per heavy atom. The van der Waals surface area contributed by atoms with Crippen molar-refractivity contribution in [2.24, 2.45) is 0 Å². The quantitative estimate of drug-likeness (QED) is 0.494. The molecule has 0 heterocycles. The smallest absolute Gasteiger partial charge is 0.00994 e. The van der Waals surface area contributed by atoms with Crippen molar-refractivity contribution in [3.63, 3.8) is 0 Å². The highest BCUT2D eigenvalue weighted by atomic mass is 14.0. The second kappa shape index (κ2) is 3.21. The summed E-state index contributed by atoms with van der Waals surface area (Å²) in [4.78, 5) is 0. The molecular formula is C16H12. The lowest BCUT2D eigenvalue weighted by molar-refractivity contribution is 1.68. The van der Waals surface area contributed by atoms with E-state index in [0.717, 1.165) is 10.4 Å². The van der Waals surface area contributed by atoms with E-state index in [-0.39, 0.29) is 0 Å². The maximum absolute atomic E-state index is 4.06. The molecule has 0 amide bonds. The van der Waals surface area contributed by atoms with Gasteiger partial charge in [-0.05, 0) is 38.0 Å². The Bertz CT molecular complexity index is 782. The molecule has 0 atom stereocenters. The van der Waals surface area contributed by atoms with Crippen LogP contribution in [0.5, 0.6) is 0 Å². The Hall–Kier alpha value is -2.08. The van der Waals surface area contributed by atoms with E-state index in [9.17, 15) is 0 Å². The lowest BCUT2D eigenvalue weighted by atomic mass is 10.0. The third-order valence-corrected chi connectivity index (χ3v) is 3.03. The summed E-state index contributed by atoms with van der Waals surface area (Å²) >= 11 is 0. The molecule has 0 saturated carbocycles. The van der Waals surface area contributed by atoms with Crippen LogP contribution in [-0.2, 0) is 0 Å². The summed E-state index contributed by atoms with van der Waals surface area (Å²) < 4.78 is 0. The van der Waals surface area contributed by atoms with Crippen molar-refractivity contribution in [2.45, 2.75) is 0 Å². The van der Waals surface area contributed by atoms with Crippen molar-refractivity contribution >= 4 is 34.7 Å². The SMILES string of the molecule is C=c1ccc2ccc3c(=C)cccc3c2c1. The fraction of sp³-hybridized carbons (Fsp3) is 0. The average Bonchev–Trinajstić information content (AvgIpc) is 2.29. The van der Waals surface area contributed by atoms with Gasteiger partial charge in [-0.1, -0.05) is 55.6 Å². The highest BCUT2D eigenvalue weighted by Crippen LogP contribution is 2.21. The zero-order valence-electron chi connectivity index (χ0n) is 9.03. The van der Waals surface area contributed by atoms with E-state index in [2.05, 4.69) is 49.6 Å². The van der Waals surface area contributed by atoms with Gasteiger partial charge in [0, 0.05) is 0 Å².